The fourth-order valence-electron chi connectivity index (χ4n) is 7.50. The topological polar surface area (TPSA) is 221 Å². The molecule has 0 saturated heterocycles. The van der Waals surface area contributed by atoms with Crippen molar-refractivity contribution < 1.29 is 52.9 Å². The van der Waals surface area contributed by atoms with Crippen molar-refractivity contribution in [1.82, 2.24) is 9.89 Å². The molecule has 2 heterocycles. The number of nitrogens with one attached hydrogen (secondary N) is 1. The van der Waals surface area contributed by atoms with Crippen molar-refractivity contribution in [3.8, 4) is 11.3 Å². The van der Waals surface area contributed by atoms with E-state index in [1.165, 1.54) is 12.1 Å². The van der Waals surface area contributed by atoms with Crippen molar-refractivity contribution in [3.05, 3.63) is 82.6 Å². The second kappa shape index (κ2) is 19.6. The number of carbonyl (C=O) groups excluding carboxylic acids is 1. The Balaban J connectivity index is 1.86. The third kappa shape index (κ3) is 13.3. The summed E-state index contributed by atoms with van der Waals surface area (Å²) in [4.78, 5) is 13.6. The number of fused-ring (bicyclic) bond motifs is 2. The number of methoxy groups -OCH3 is 1. The predicted molar refractivity (Wildman–Crippen MR) is 228 cm³/mol. The summed E-state index contributed by atoms with van der Waals surface area (Å²) in [7, 11) is -9.84. The van der Waals surface area contributed by atoms with Gasteiger partial charge in [-0.3, -0.25) is 18.5 Å². The minimum Gasteiger partial charge on any atom is -0.456 e. The largest absolute Gasteiger partial charge is 0.456 e. The Bertz CT molecular complexity index is 2420. The van der Waals surface area contributed by atoms with Crippen LogP contribution in [0.2, 0.25) is 0 Å². The summed E-state index contributed by atoms with van der Waals surface area (Å²) < 4.78 is 114. The van der Waals surface area contributed by atoms with E-state index in [2.05, 4.69) is 26.1 Å². The Morgan fingerprint density at radius 2 is 1.61 bits per heavy atom. The van der Waals surface area contributed by atoms with Crippen LogP contribution < -0.4 is 20.1 Å². The third-order valence-corrected chi connectivity index (χ3v) is 13.0. The van der Waals surface area contributed by atoms with Crippen LogP contribution in [0.5, 0.6) is 0 Å². The summed E-state index contributed by atoms with van der Waals surface area (Å²) in [5, 5.41) is 3.40. The molecule has 1 aliphatic carbocycles. The van der Waals surface area contributed by atoms with Crippen LogP contribution >= 0.6 is 0 Å². The lowest BCUT2D eigenvalue weighted by molar-refractivity contribution is -0.120. The maximum Gasteiger partial charge on any atom is 0.294 e. The number of carbonyl (C=O) groups is 1. The van der Waals surface area contributed by atoms with Crippen molar-refractivity contribution in [2.24, 2.45) is 0 Å². The molecule has 0 radical (unpaired) electrons. The van der Waals surface area contributed by atoms with Gasteiger partial charge in [0.1, 0.15) is 24.7 Å². The van der Waals surface area contributed by atoms with Gasteiger partial charge in [-0.1, -0.05) is 33.3 Å². The highest BCUT2D eigenvalue weighted by molar-refractivity contribution is 7.86. The summed E-state index contributed by atoms with van der Waals surface area (Å²) in [6.07, 6.45) is 8.38. The highest BCUT2D eigenvalue weighted by atomic mass is 32.2. The van der Waals surface area contributed by atoms with Gasteiger partial charge in [0, 0.05) is 62.0 Å². The minimum absolute atomic E-state index is 0.0559. The van der Waals surface area contributed by atoms with Crippen LogP contribution in [-0.2, 0) is 50.7 Å². The van der Waals surface area contributed by atoms with E-state index in [0.717, 1.165) is 28.6 Å². The molecule has 2 aliphatic heterocycles. The van der Waals surface area contributed by atoms with Crippen molar-refractivity contribution in [2.45, 2.75) is 88.4 Å². The quantitative estimate of drug-likeness (QED) is 0.0646. The van der Waals surface area contributed by atoms with Gasteiger partial charge in [0.15, 0.2) is 6.54 Å². The number of hydrogen-bond donors (Lipinski definition) is 4. The monoisotopic (exact) mass is 880 g/mol. The first-order chi connectivity index (χ1) is 27.5. The molecule has 59 heavy (non-hydrogen) atoms. The van der Waals surface area contributed by atoms with E-state index in [-0.39, 0.29) is 41.2 Å². The summed E-state index contributed by atoms with van der Waals surface area (Å²) in [6.45, 7) is 9.82. The van der Waals surface area contributed by atoms with E-state index >= 15 is 0 Å². The van der Waals surface area contributed by atoms with Crippen molar-refractivity contribution in [2.75, 3.05) is 56.8 Å². The number of unbranched alkanes of at least 4 members (excludes halogenated alkanes) is 2. The van der Waals surface area contributed by atoms with Gasteiger partial charge in [0.2, 0.25) is 11.3 Å². The number of allylic oxidation sites excluding steroid dienone is 3. The molecule has 15 nitrogen and oxygen atoms in total. The Morgan fingerprint density at radius 3 is 2.24 bits per heavy atom. The molecule has 0 bridgehead atoms. The van der Waals surface area contributed by atoms with Gasteiger partial charge in [-0.25, -0.2) is 4.58 Å². The van der Waals surface area contributed by atoms with Crippen molar-refractivity contribution in [3.63, 3.8) is 0 Å². The van der Waals surface area contributed by atoms with Gasteiger partial charge in [0.05, 0.1) is 22.5 Å². The molecule has 0 aromatic heterocycles. The van der Waals surface area contributed by atoms with Gasteiger partial charge in [0.25, 0.3) is 30.4 Å². The number of rotatable bonds is 20. The molecule has 1 aromatic carbocycles. The molecule has 18 heteroatoms. The molecule has 1 atom stereocenters. The van der Waals surface area contributed by atoms with E-state index in [9.17, 15) is 43.7 Å². The normalized spacial score (nSPS) is 17.6. The van der Waals surface area contributed by atoms with Crippen molar-refractivity contribution >= 4 is 48.0 Å². The van der Waals surface area contributed by atoms with Gasteiger partial charge in [-0.2, -0.15) is 25.3 Å². The van der Waals surface area contributed by atoms with Gasteiger partial charge in [-0.15, -0.1) is 0 Å². The molecule has 1 unspecified atom stereocenters. The van der Waals surface area contributed by atoms with Crippen molar-refractivity contribution in [1.29, 1.82) is 0 Å². The number of ether oxygens (including phenoxy) is 1. The van der Waals surface area contributed by atoms with Crippen LogP contribution in [-0.4, -0.2) is 96.7 Å². The fraction of sp³-hybridized carbons (Fsp3) is 0.512. The summed E-state index contributed by atoms with van der Waals surface area (Å²) in [6, 6.07) is 12.1. The highest BCUT2D eigenvalue weighted by Gasteiger charge is 2.43. The first-order valence-electron chi connectivity index (χ1n) is 19.5. The maximum atomic E-state index is 12.3. The van der Waals surface area contributed by atoms with Gasteiger partial charge < -0.3 is 19.4 Å². The lowest BCUT2D eigenvalue weighted by Gasteiger charge is -2.30. The molecule has 0 saturated carbocycles. The van der Waals surface area contributed by atoms with E-state index in [1.54, 1.807) is 26.3 Å². The Hall–Kier alpha value is -3.91. The van der Waals surface area contributed by atoms with Crippen LogP contribution in [0.25, 0.3) is 17.4 Å². The summed E-state index contributed by atoms with van der Waals surface area (Å²) in [5.74, 6) is 0.155. The molecule has 1 aromatic rings. The third-order valence-electron chi connectivity index (χ3n) is 10.5. The molecule has 326 valence electrons. The van der Waals surface area contributed by atoms with Crippen LogP contribution in [0.4, 0.5) is 5.69 Å². The van der Waals surface area contributed by atoms with E-state index in [4.69, 9.17) is 9.15 Å². The Kier molecular flexibility index (Phi) is 15.9. The van der Waals surface area contributed by atoms with Gasteiger partial charge in [-0.05, 0) is 91.6 Å². The second-order valence-electron chi connectivity index (χ2n) is 16.0. The average molecular weight is 881 g/mol. The zero-order valence-electron chi connectivity index (χ0n) is 34.6. The molecular weight excluding hydrogens is 823 g/mol. The van der Waals surface area contributed by atoms with Crippen LogP contribution in [0.3, 0.4) is 0 Å². The number of hydrogen-bond acceptors (Lipinski definition) is 10. The standard InChI is InChI=1S/C41H57N3O12S3/c1-40(2,3)34-28-31(56-37-27-30(16-18-33(34)37)43(23-24-55-6)21-12-26-58(49,50)51)13-10-14-38-41(4,20-11-25-57(46,47)48)35-29-32(59(52,53)54)17-19-36(35)44(38)22-9-7-8-15-39(45)42-5/h10,13-14,16-19,27-29H,7-9,11-12,15,20-26H2,1-6H3,(H3-,42,45,46,47,48,49,50,51,52,53,54)/p+1. The predicted octanol–water partition coefficient (Wildman–Crippen LogP) is 5.27. The lowest BCUT2D eigenvalue weighted by Crippen LogP contribution is -2.34. The zero-order valence-corrected chi connectivity index (χ0v) is 37.1. The molecule has 3 aliphatic rings. The molecule has 1 amide bonds. The minimum atomic E-state index is -4.58. The molecule has 4 rings (SSSR count). The smallest absolute Gasteiger partial charge is 0.294 e. The lowest BCUT2D eigenvalue weighted by atomic mass is 9.77. The maximum absolute atomic E-state index is 12.3. The highest BCUT2D eigenvalue weighted by Crippen LogP contribution is 2.51. The van der Waals surface area contributed by atoms with Crippen LogP contribution in [0, 0.1) is 0 Å². The van der Waals surface area contributed by atoms with E-state index in [0.29, 0.717) is 68.3 Å². The van der Waals surface area contributed by atoms with Crippen LogP contribution in [0.15, 0.2) is 69.6 Å². The second-order valence-corrected chi connectivity index (χ2v) is 20.6. The molecular formula is C41H58N3O12S3+. The first-order valence-corrected chi connectivity index (χ1v) is 24.2. The molecule has 4 N–H and O–H groups in total. The Labute approximate surface area is 348 Å². The summed E-state index contributed by atoms with van der Waals surface area (Å²) in [5.41, 5.74) is 2.62. The first kappa shape index (κ1) is 47.8. The number of benzene rings is 2. The molecule has 0 spiro atoms. The SMILES string of the molecule is CNC(=O)CCCCCN1C(=CC=Cc2cc(C(C)(C)C)c3ccc(=[N+](CCCS(=O)(=O)O)CCOC)cc-3o2)C(C)(CCCS(=O)(=O)O)c2cc(S(=O)(=O)O)ccc21. The Morgan fingerprint density at radius 1 is 0.915 bits per heavy atom. The van der Waals surface area contributed by atoms with Gasteiger partial charge >= 0.3 is 0 Å². The van der Waals surface area contributed by atoms with E-state index < -0.39 is 41.5 Å². The zero-order chi connectivity index (χ0) is 43.8. The number of amides is 1. The van der Waals surface area contributed by atoms with Crippen LogP contribution in [0.1, 0.15) is 89.5 Å². The summed E-state index contributed by atoms with van der Waals surface area (Å²) >= 11 is 0. The number of anilines is 1. The fourth-order valence-corrected chi connectivity index (χ4v) is 9.01. The molecule has 0 fully saturated rings. The number of nitrogens with zero attached hydrogens (tertiary/aromatic N) is 2. The van der Waals surface area contributed by atoms with E-state index in [1.807, 2.05) is 52.8 Å². The average Bonchev–Trinajstić information content (AvgIpc) is 3.36.